The van der Waals surface area contributed by atoms with Gasteiger partial charge in [0.2, 0.25) is 5.91 Å². The molecule has 1 atom stereocenters. The summed E-state index contributed by atoms with van der Waals surface area (Å²) in [6.07, 6.45) is -0.460. The van der Waals surface area contributed by atoms with E-state index in [1.807, 2.05) is 0 Å². The second-order valence-electron chi connectivity index (χ2n) is 3.45. The average molecular weight is 223 g/mol. The summed E-state index contributed by atoms with van der Waals surface area (Å²) in [4.78, 5) is 22.6. The SMILES string of the molecule is CCCC1NC(=O)N(C[B-](F)(F)F)C1=O. The van der Waals surface area contributed by atoms with Crippen LogP contribution in [0.1, 0.15) is 19.8 Å². The van der Waals surface area contributed by atoms with E-state index >= 15 is 0 Å². The zero-order valence-corrected chi connectivity index (χ0v) is 8.17. The van der Waals surface area contributed by atoms with Crippen LogP contribution < -0.4 is 5.32 Å². The molecular formula is C7H11BF3N2O2-. The number of rotatable bonds is 4. The fraction of sp³-hybridized carbons (Fsp3) is 0.714. The molecule has 1 aliphatic rings. The number of halogens is 3. The molecule has 1 rings (SSSR count). The lowest BCUT2D eigenvalue weighted by molar-refractivity contribution is -0.127. The predicted octanol–water partition coefficient (Wildman–Crippen LogP) is 1.09. The molecule has 1 heterocycles. The molecule has 1 N–H and O–H groups in total. The molecular weight excluding hydrogens is 212 g/mol. The standard InChI is InChI=1S/C7H11BF3N2O2/c1-2-3-5-6(14)13(7(15)12-5)4-8(9,10)11/h5H,2-4H2,1H3,(H,12,15)/q-1. The van der Waals surface area contributed by atoms with Crippen LogP contribution in [0.3, 0.4) is 0 Å². The van der Waals surface area contributed by atoms with Gasteiger partial charge < -0.3 is 18.3 Å². The van der Waals surface area contributed by atoms with Gasteiger partial charge in [-0.2, -0.15) is 0 Å². The van der Waals surface area contributed by atoms with Crippen LogP contribution in [-0.4, -0.2) is 36.3 Å². The van der Waals surface area contributed by atoms with Gasteiger partial charge >= 0.3 is 13.0 Å². The Balaban J connectivity index is 2.67. The van der Waals surface area contributed by atoms with Crippen molar-refractivity contribution in [2.24, 2.45) is 0 Å². The third-order valence-electron chi connectivity index (χ3n) is 2.07. The Labute approximate surface area is 84.9 Å². The van der Waals surface area contributed by atoms with Gasteiger partial charge in [0, 0.05) is 6.44 Å². The predicted molar refractivity (Wildman–Crippen MR) is 48.0 cm³/mol. The van der Waals surface area contributed by atoms with E-state index in [2.05, 4.69) is 5.32 Å². The first-order valence-corrected chi connectivity index (χ1v) is 4.68. The molecule has 0 aliphatic carbocycles. The molecule has 4 nitrogen and oxygen atoms in total. The van der Waals surface area contributed by atoms with Gasteiger partial charge in [-0.05, 0) is 6.42 Å². The maximum Gasteiger partial charge on any atom is 0.497 e. The summed E-state index contributed by atoms with van der Waals surface area (Å²) >= 11 is 0. The number of imide groups is 1. The van der Waals surface area contributed by atoms with E-state index in [9.17, 15) is 22.5 Å². The van der Waals surface area contributed by atoms with Gasteiger partial charge in [0.05, 0.1) is 0 Å². The van der Waals surface area contributed by atoms with Crippen molar-refractivity contribution in [3.8, 4) is 0 Å². The van der Waals surface area contributed by atoms with Crippen LogP contribution in [0.2, 0.25) is 0 Å². The van der Waals surface area contributed by atoms with Gasteiger partial charge in [0.15, 0.2) is 0 Å². The molecule has 1 fully saturated rings. The molecule has 8 heteroatoms. The van der Waals surface area contributed by atoms with Crippen LogP contribution in [0, 0.1) is 0 Å². The Bertz CT molecular complexity index is 282. The van der Waals surface area contributed by atoms with Crippen LogP contribution in [0.15, 0.2) is 0 Å². The minimum Gasteiger partial charge on any atom is -0.448 e. The van der Waals surface area contributed by atoms with Crippen molar-refractivity contribution in [1.29, 1.82) is 0 Å². The highest BCUT2D eigenvalue weighted by Crippen LogP contribution is 2.16. The minimum atomic E-state index is -5.16. The second kappa shape index (κ2) is 4.12. The summed E-state index contributed by atoms with van der Waals surface area (Å²) in [6, 6.07) is -1.74. The maximum atomic E-state index is 12.1. The van der Waals surface area contributed by atoms with Gasteiger partial charge in [-0.1, -0.05) is 13.3 Å². The van der Waals surface area contributed by atoms with Crippen molar-refractivity contribution < 1.29 is 22.5 Å². The van der Waals surface area contributed by atoms with Crippen molar-refractivity contribution >= 4 is 18.9 Å². The number of nitrogens with one attached hydrogen (secondary N) is 1. The molecule has 0 bridgehead atoms. The lowest BCUT2D eigenvalue weighted by Crippen LogP contribution is -2.42. The Kier molecular flexibility index (Phi) is 3.26. The highest BCUT2D eigenvalue weighted by atomic mass is 19.4. The third-order valence-corrected chi connectivity index (χ3v) is 2.07. The van der Waals surface area contributed by atoms with E-state index in [1.165, 1.54) is 0 Å². The molecule has 0 aromatic heterocycles. The highest BCUT2D eigenvalue weighted by Gasteiger charge is 2.41. The topological polar surface area (TPSA) is 49.4 Å². The van der Waals surface area contributed by atoms with E-state index in [0.29, 0.717) is 12.8 Å². The molecule has 1 saturated heterocycles. The first kappa shape index (κ1) is 11.9. The van der Waals surface area contributed by atoms with E-state index in [4.69, 9.17) is 0 Å². The lowest BCUT2D eigenvalue weighted by Gasteiger charge is -2.20. The Morgan fingerprint density at radius 2 is 2.00 bits per heavy atom. The molecule has 15 heavy (non-hydrogen) atoms. The fourth-order valence-corrected chi connectivity index (χ4v) is 1.44. The molecule has 0 aromatic carbocycles. The zero-order valence-electron chi connectivity index (χ0n) is 8.17. The smallest absolute Gasteiger partial charge is 0.448 e. The second-order valence-corrected chi connectivity index (χ2v) is 3.45. The van der Waals surface area contributed by atoms with Crippen molar-refractivity contribution in [2.45, 2.75) is 25.8 Å². The summed E-state index contributed by atoms with van der Waals surface area (Å²) in [6.45, 7) is -3.38. The first-order chi connectivity index (χ1) is 6.85. The first-order valence-electron chi connectivity index (χ1n) is 4.68. The summed E-state index contributed by atoms with van der Waals surface area (Å²) in [5.41, 5.74) is 0. The largest absolute Gasteiger partial charge is 0.497 e. The van der Waals surface area contributed by atoms with Crippen molar-refractivity contribution in [3.05, 3.63) is 0 Å². The Hall–Kier alpha value is -1.21. The lowest BCUT2D eigenvalue weighted by atomic mass is 9.91. The normalized spacial score (nSPS) is 22.1. The minimum absolute atomic E-state index is 0.236. The van der Waals surface area contributed by atoms with Gasteiger partial charge in [-0.3, -0.25) is 9.69 Å². The zero-order chi connectivity index (χ0) is 11.6. The number of urea groups is 1. The monoisotopic (exact) mass is 223 g/mol. The van der Waals surface area contributed by atoms with Crippen LogP contribution >= 0.6 is 0 Å². The molecule has 1 aliphatic heterocycles. The number of carbonyl (C=O) groups excluding carboxylic acids is 2. The number of hydrogen-bond acceptors (Lipinski definition) is 2. The van der Waals surface area contributed by atoms with E-state index in [0.717, 1.165) is 0 Å². The molecule has 0 spiro atoms. The van der Waals surface area contributed by atoms with Crippen molar-refractivity contribution in [2.75, 3.05) is 6.44 Å². The van der Waals surface area contributed by atoms with E-state index in [-0.39, 0.29) is 4.90 Å². The van der Waals surface area contributed by atoms with Gasteiger partial charge in [-0.15, -0.1) is 0 Å². The van der Waals surface area contributed by atoms with Crippen LogP contribution in [0.25, 0.3) is 0 Å². The van der Waals surface area contributed by atoms with E-state index < -0.39 is 31.4 Å². The summed E-state index contributed by atoms with van der Waals surface area (Å²) < 4.78 is 36.2. The van der Waals surface area contributed by atoms with Crippen molar-refractivity contribution in [3.63, 3.8) is 0 Å². The number of nitrogens with zero attached hydrogens (tertiary/aromatic N) is 1. The Morgan fingerprint density at radius 3 is 2.47 bits per heavy atom. The number of hydrogen-bond donors (Lipinski definition) is 1. The molecule has 0 aromatic rings. The molecule has 0 radical (unpaired) electrons. The Morgan fingerprint density at radius 1 is 1.40 bits per heavy atom. The maximum absolute atomic E-state index is 12.1. The summed E-state index contributed by atoms with van der Waals surface area (Å²) in [7, 11) is 0. The van der Waals surface area contributed by atoms with E-state index in [1.54, 1.807) is 6.92 Å². The third kappa shape index (κ3) is 2.87. The van der Waals surface area contributed by atoms with Crippen molar-refractivity contribution in [1.82, 2.24) is 10.2 Å². The molecule has 86 valence electrons. The molecule has 1 unspecified atom stereocenters. The van der Waals surface area contributed by atoms with Crippen LogP contribution in [0.5, 0.6) is 0 Å². The summed E-state index contributed by atoms with van der Waals surface area (Å²) in [5, 5.41) is 2.22. The number of amides is 3. The fourth-order valence-electron chi connectivity index (χ4n) is 1.44. The van der Waals surface area contributed by atoms with Crippen LogP contribution in [0.4, 0.5) is 17.7 Å². The quantitative estimate of drug-likeness (QED) is 0.572. The average Bonchev–Trinajstić information content (AvgIpc) is 2.32. The van der Waals surface area contributed by atoms with Crippen LogP contribution in [-0.2, 0) is 4.79 Å². The summed E-state index contributed by atoms with van der Waals surface area (Å²) in [5.74, 6) is -0.777. The molecule has 0 saturated carbocycles. The highest BCUT2D eigenvalue weighted by molar-refractivity contribution is 6.59. The van der Waals surface area contributed by atoms with Gasteiger partial charge in [-0.25, -0.2) is 4.79 Å². The number of carbonyl (C=O) groups is 2. The van der Waals surface area contributed by atoms with Gasteiger partial charge in [0.25, 0.3) is 0 Å². The molecule has 3 amide bonds. The van der Waals surface area contributed by atoms with Gasteiger partial charge in [0.1, 0.15) is 6.04 Å².